The molecule has 0 amide bonds. The molecule has 2 aromatic carbocycles. The molecule has 0 aromatic heterocycles. The fourth-order valence-electron chi connectivity index (χ4n) is 1.30. The van der Waals surface area contributed by atoms with E-state index in [1.165, 1.54) is 0 Å². The second kappa shape index (κ2) is 4.62. The van der Waals surface area contributed by atoms with Crippen LogP contribution < -0.4 is 10.5 Å². The van der Waals surface area contributed by atoms with Crippen LogP contribution in [0.3, 0.4) is 0 Å². The van der Waals surface area contributed by atoms with Gasteiger partial charge in [0.1, 0.15) is 5.75 Å². The lowest BCUT2D eigenvalue weighted by atomic mass is 10.2. The van der Waals surface area contributed by atoms with Gasteiger partial charge in [0.2, 0.25) is 0 Å². The molecule has 15 heavy (non-hydrogen) atoms. The Morgan fingerprint density at radius 3 is 2.33 bits per heavy atom. The van der Waals surface area contributed by atoms with Gasteiger partial charge in [0, 0.05) is 5.56 Å². The van der Waals surface area contributed by atoms with Crippen LogP contribution in [0.4, 0.5) is 0 Å². The molecule has 1 unspecified atom stereocenters. The van der Waals surface area contributed by atoms with Gasteiger partial charge in [-0.15, -0.1) is 0 Å². The molecule has 2 N–H and O–H groups in total. The van der Waals surface area contributed by atoms with E-state index < -0.39 is 6.23 Å². The molecule has 0 aliphatic carbocycles. The Morgan fingerprint density at radius 1 is 1.00 bits per heavy atom. The van der Waals surface area contributed by atoms with Gasteiger partial charge < -0.3 is 4.74 Å². The van der Waals surface area contributed by atoms with Crippen LogP contribution in [0.1, 0.15) is 11.8 Å². The van der Waals surface area contributed by atoms with Crippen LogP contribution in [0.5, 0.6) is 5.75 Å². The fraction of sp³-hybridized carbons (Fsp3) is 0.0769. The van der Waals surface area contributed by atoms with Gasteiger partial charge in [-0.3, -0.25) is 5.73 Å². The van der Waals surface area contributed by atoms with Crippen molar-refractivity contribution in [1.29, 1.82) is 0 Å². The van der Waals surface area contributed by atoms with Crippen molar-refractivity contribution in [2.24, 2.45) is 5.73 Å². The highest BCUT2D eigenvalue weighted by Gasteiger charge is 2.05. The van der Waals surface area contributed by atoms with Crippen molar-refractivity contribution < 1.29 is 4.74 Å². The first-order valence-corrected chi connectivity index (χ1v) is 4.79. The summed E-state index contributed by atoms with van der Waals surface area (Å²) in [4.78, 5) is 0. The Hall–Kier alpha value is -1.80. The van der Waals surface area contributed by atoms with E-state index in [4.69, 9.17) is 10.5 Å². The Kier molecular flexibility index (Phi) is 3.00. The van der Waals surface area contributed by atoms with Gasteiger partial charge in [0.15, 0.2) is 6.23 Å². The summed E-state index contributed by atoms with van der Waals surface area (Å²) in [5.74, 6) is 0.776. The van der Waals surface area contributed by atoms with E-state index >= 15 is 0 Å². The Labute approximate surface area is 89.3 Å². The lowest BCUT2D eigenvalue weighted by Crippen LogP contribution is -2.17. The molecule has 2 aromatic rings. The number of para-hydroxylation sites is 1. The zero-order chi connectivity index (χ0) is 10.5. The molecular formula is C13H12NO. The van der Waals surface area contributed by atoms with E-state index in [2.05, 4.69) is 6.07 Å². The van der Waals surface area contributed by atoms with Crippen LogP contribution in [0.2, 0.25) is 0 Å². The maximum Gasteiger partial charge on any atom is 0.174 e. The van der Waals surface area contributed by atoms with Crippen molar-refractivity contribution in [3.63, 3.8) is 0 Å². The van der Waals surface area contributed by atoms with Crippen molar-refractivity contribution in [3.8, 4) is 5.75 Å². The van der Waals surface area contributed by atoms with Crippen LogP contribution in [0, 0.1) is 6.07 Å². The van der Waals surface area contributed by atoms with Crippen LogP contribution in [-0.2, 0) is 0 Å². The minimum Gasteiger partial charge on any atom is -0.471 e. The lowest BCUT2D eigenvalue weighted by Gasteiger charge is -2.14. The van der Waals surface area contributed by atoms with Gasteiger partial charge in [0.25, 0.3) is 0 Å². The third-order valence-corrected chi connectivity index (χ3v) is 2.08. The number of ether oxygens (including phenoxy) is 1. The van der Waals surface area contributed by atoms with E-state index in [0.717, 1.165) is 11.3 Å². The summed E-state index contributed by atoms with van der Waals surface area (Å²) in [7, 11) is 0. The van der Waals surface area contributed by atoms with Crippen molar-refractivity contribution in [2.75, 3.05) is 0 Å². The zero-order valence-electron chi connectivity index (χ0n) is 8.26. The van der Waals surface area contributed by atoms with Crippen LogP contribution in [0.15, 0.2) is 54.6 Å². The van der Waals surface area contributed by atoms with Gasteiger partial charge in [-0.25, -0.2) is 0 Å². The van der Waals surface area contributed by atoms with Crippen molar-refractivity contribution in [1.82, 2.24) is 0 Å². The van der Waals surface area contributed by atoms with Crippen LogP contribution in [-0.4, -0.2) is 0 Å². The van der Waals surface area contributed by atoms with E-state index in [0.29, 0.717) is 0 Å². The average Bonchev–Trinajstić information content (AvgIpc) is 2.31. The Morgan fingerprint density at radius 2 is 1.67 bits per heavy atom. The molecule has 0 aliphatic heterocycles. The van der Waals surface area contributed by atoms with E-state index in [-0.39, 0.29) is 0 Å². The highest BCUT2D eigenvalue weighted by Crippen LogP contribution is 2.16. The molecular weight excluding hydrogens is 186 g/mol. The standard InChI is InChI=1S/C13H12NO/c14-13(11-7-3-1-4-8-11)15-12-9-5-2-6-10-12/h2-10,13H,14H2. The normalized spacial score (nSPS) is 12.1. The topological polar surface area (TPSA) is 35.2 Å². The number of hydrogen-bond donors (Lipinski definition) is 1. The molecule has 1 radical (unpaired) electrons. The molecule has 0 saturated carbocycles. The van der Waals surface area contributed by atoms with Crippen molar-refractivity contribution in [3.05, 3.63) is 66.2 Å². The first kappa shape index (κ1) is 9.74. The fourth-order valence-corrected chi connectivity index (χ4v) is 1.30. The van der Waals surface area contributed by atoms with Gasteiger partial charge in [0.05, 0.1) is 0 Å². The molecule has 2 rings (SSSR count). The Balaban J connectivity index is 2.08. The quantitative estimate of drug-likeness (QED) is 0.769. The summed E-state index contributed by atoms with van der Waals surface area (Å²) in [5, 5.41) is 0. The number of nitrogens with two attached hydrogens (primary N) is 1. The highest BCUT2D eigenvalue weighted by atomic mass is 16.5. The second-order valence-corrected chi connectivity index (χ2v) is 3.18. The summed E-state index contributed by atoms with van der Waals surface area (Å²) in [6.07, 6.45) is -0.429. The maximum absolute atomic E-state index is 5.89. The molecule has 0 fully saturated rings. The molecule has 75 valence electrons. The first-order valence-electron chi connectivity index (χ1n) is 4.79. The monoisotopic (exact) mass is 198 g/mol. The predicted octanol–water partition coefficient (Wildman–Crippen LogP) is 2.52. The van der Waals surface area contributed by atoms with Crippen LogP contribution in [0.25, 0.3) is 0 Å². The lowest BCUT2D eigenvalue weighted by molar-refractivity contribution is 0.214. The zero-order valence-corrected chi connectivity index (χ0v) is 8.26. The minimum atomic E-state index is -0.429. The van der Waals surface area contributed by atoms with E-state index in [1.807, 2.05) is 54.6 Å². The predicted molar refractivity (Wildman–Crippen MR) is 59.3 cm³/mol. The van der Waals surface area contributed by atoms with E-state index in [1.54, 1.807) is 0 Å². The van der Waals surface area contributed by atoms with Gasteiger partial charge in [-0.2, -0.15) is 0 Å². The smallest absolute Gasteiger partial charge is 0.174 e. The average molecular weight is 198 g/mol. The van der Waals surface area contributed by atoms with Gasteiger partial charge >= 0.3 is 0 Å². The third kappa shape index (κ3) is 2.58. The third-order valence-electron chi connectivity index (χ3n) is 2.08. The molecule has 1 atom stereocenters. The largest absolute Gasteiger partial charge is 0.471 e. The number of hydrogen-bond acceptors (Lipinski definition) is 2. The summed E-state index contributed by atoms with van der Waals surface area (Å²) < 4.78 is 5.56. The molecule has 2 nitrogen and oxygen atoms in total. The molecule has 0 heterocycles. The molecule has 0 saturated heterocycles. The molecule has 0 aliphatic rings. The van der Waals surface area contributed by atoms with Crippen molar-refractivity contribution >= 4 is 0 Å². The van der Waals surface area contributed by atoms with Crippen molar-refractivity contribution in [2.45, 2.75) is 6.23 Å². The highest BCUT2D eigenvalue weighted by molar-refractivity contribution is 5.23. The van der Waals surface area contributed by atoms with Crippen LogP contribution >= 0.6 is 0 Å². The SMILES string of the molecule is NC(Oc1ccccc1)c1cc[c]cc1. The summed E-state index contributed by atoms with van der Waals surface area (Å²) in [6, 6.07) is 19.9. The second-order valence-electron chi connectivity index (χ2n) is 3.18. The Bertz CT molecular complexity index is 399. The molecule has 2 heteroatoms. The summed E-state index contributed by atoms with van der Waals surface area (Å²) in [6.45, 7) is 0. The number of benzene rings is 2. The summed E-state index contributed by atoms with van der Waals surface area (Å²) in [5.41, 5.74) is 6.83. The summed E-state index contributed by atoms with van der Waals surface area (Å²) >= 11 is 0. The molecule has 0 bridgehead atoms. The maximum atomic E-state index is 5.89. The molecule has 0 spiro atoms. The van der Waals surface area contributed by atoms with E-state index in [9.17, 15) is 0 Å². The van der Waals surface area contributed by atoms with Gasteiger partial charge in [-0.05, 0) is 18.2 Å². The minimum absolute atomic E-state index is 0.429. The number of rotatable bonds is 3. The first-order chi connectivity index (χ1) is 7.36. The van der Waals surface area contributed by atoms with Gasteiger partial charge in [-0.1, -0.05) is 42.5 Å².